The maximum atomic E-state index is 10.6. The van der Waals surface area contributed by atoms with Gasteiger partial charge in [-0.2, -0.15) is 0 Å². The summed E-state index contributed by atoms with van der Waals surface area (Å²) in [4.78, 5) is 20.7. The molecule has 0 unspecified atom stereocenters. The molecule has 0 heterocycles. The van der Waals surface area contributed by atoms with Crippen LogP contribution < -0.4 is 0 Å². The third-order valence-corrected chi connectivity index (χ3v) is 1.57. The molecule has 0 aromatic heterocycles. The second-order valence-electron chi connectivity index (χ2n) is 2.78. The van der Waals surface area contributed by atoms with Crippen molar-refractivity contribution in [2.45, 2.75) is 26.2 Å². The fraction of sp³-hybridized carbons (Fsp3) is 0.400. The maximum Gasteiger partial charge on any atom is 0.335 e. The van der Waals surface area contributed by atoms with Crippen LogP contribution in [0.5, 0.6) is 0 Å². The lowest BCUT2D eigenvalue weighted by atomic mass is 10.1. The molecular formula is C10H14O4. The Morgan fingerprint density at radius 3 is 2.29 bits per heavy atom. The van der Waals surface area contributed by atoms with Crippen molar-refractivity contribution in [1.29, 1.82) is 0 Å². The molecule has 2 N–H and O–H groups in total. The summed E-state index contributed by atoms with van der Waals surface area (Å²) in [6.07, 6.45) is 5.99. The first-order valence-electron chi connectivity index (χ1n) is 4.42. The van der Waals surface area contributed by atoms with Crippen LogP contribution in [0.25, 0.3) is 0 Å². The minimum absolute atomic E-state index is 0.0286. The molecule has 0 atom stereocenters. The van der Waals surface area contributed by atoms with Gasteiger partial charge in [-0.05, 0) is 12.5 Å². The van der Waals surface area contributed by atoms with Crippen LogP contribution in [0.1, 0.15) is 26.2 Å². The zero-order valence-electron chi connectivity index (χ0n) is 8.06. The summed E-state index contributed by atoms with van der Waals surface area (Å²) in [5, 5.41) is 17.0. The fourth-order valence-corrected chi connectivity index (χ4v) is 0.849. The molecule has 0 aliphatic rings. The molecule has 0 aliphatic carbocycles. The minimum atomic E-state index is -1.15. The maximum absolute atomic E-state index is 10.6. The molecule has 0 saturated heterocycles. The number of allylic oxidation sites excluding steroid dienone is 1. The van der Waals surface area contributed by atoms with Gasteiger partial charge in [-0.3, -0.25) is 0 Å². The van der Waals surface area contributed by atoms with Gasteiger partial charge in [0.15, 0.2) is 0 Å². The number of hydrogen-bond acceptors (Lipinski definition) is 2. The highest BCUT2D eigenvalue weighted by Crippen LogP contribution is 2.03. The zero-order valence-corrected chi connectivity index (χ0v) is 8.06. The average molecular weight is 198 g/mol. The molecule has 4 nitrogen and oxygen atoms in total. The first kappa shape index (κ1) is 12.4. The van der Waals surface area contributed by atoms with Gasteiger partial charge in [-0.15, -0.1) is 0 Å². The number of hydrogen-bond donors (Lipinski definition) is 2. The summed E-state index contributed by atoms with van der Waals surface area (Å²) in [7, 11) is 0. The molecular weight excluding hydrogens is 184 g/mol. The van der Waals surface area contributed by atoms with Crippen LogP contribution in [0.2, 0.25) is 0 Å². The summed E-state index contributed by atoms with van der Waals surface area (Å²) < 4.78 is 0. The quantitative estimate of drug-likeness (QED) is 0.388. The van der Waals surface area contributed by atoms with Crippen molar-refractivity contribution >= 4 is 11.9 Å². The molecule has 0 spiro atoms. The number of carboxylic acids is 2. The lowest BCUT2D eigenvalue weighted by Gasteiger charge is -1.94. The van der Waals surface area contributed by atoms with Crippen molar-refractivity contribution in [3.8, 4) is 0 Å². The van der Waals surface area contributed by atoms with E-state index in [1.165, 1.54) is 6.08 Å². The van der Waals surface area contributed by atoms with Crippen molar-refractivity contribution < 1.29 is 19.8 Å². The molecule has 0 radical (unpaired) electrons. The van der Waals surface area contributed by atoms with Crippen LogP contribution in [0.15, 0.2) is 23.8 Å². The average Bonchev–Trinajstić information content (AvgIpc) is 2.10. The molecule has 0 bridgehead atoms. The zero-order chi connectivity index (χ0) is 11.0. The highest BCUT2D eigenvalue weighted by Gasteiger charge is 2.02. The van der Waals surface area contributed by atoms with Crippen LogP contribution in [0.3, 0.4) is 0 Å². The molecule has 0 rings (SSSR count). The molecule has 4 heteroatoms. The van der Waals surface area contributed by atoms with E-state index in [-0.39, 0.29) is 5.57 Å². The largest absolute Gasteiger partial charge is 0.478 e. The summed E-state index contributed by atoms with van der Waals surface area (Å²) in [5.74, 6) is -2.24. The second kappa shape index (κ2) is 6.88. The van der Waals surface area contributed by atoms with Crippen LogP contribution in [0.4, 0.5) is 0 Å². The number of aliphatic carboxylic acids is 2. The second-order valence-corrected chi connectivity index (χ2v) is 2.78. The van der Waals surface area contributed by atoms with Gasteiger partial charge in [-0.1, -0.05) is 25.8 Å². The van der Waals surface area contributed by atoms with Gasteiger partial charge >= 0.3 is 11.9 Å². The Kier molecular flexibility index (Phi) is 6.11. The van der Waals surface area contributed by atoms with E-state index in [2.05, 4.69) is 0 Å². The lowest BCUT2D eigenvalue weighted by Crippen LogP contribution is -1.99. The number of rotatable bonds is 6. The van der Waals surface area contributed by atoms with Gasteiger partial charge in [0.1, 0.15) is 0 Å². The van der Waals surface area contributed by atoms with Crippen molar-refractivity contribution in [2.24, 2.45) is 0 Å². The highest BCUT2D eigenvalue weighted by molar-refractivity contribution is 5.92. The monoisotopic (exact) mass is 198 g/mol. The predicted molar refractivity (Wildman–Crippen MR) is 52.0 cm³/mol. The van der Waals surface area contributed by atoms with Gasteiger partial charge in [0.2, 0.25) is 0 Å². The molecule has 0 fully saturated rings. The third kappa shape index (κ3) is 5.99. The number of carbonyl (C=O) groups is 2. The molecule has 0 aromatic carbocycles. The Labute approximate surface area is 82.6 Å². The topological polar surface area (TPSA) is 74.6 Å². The normalized spacial score (nSPS) is 11.9. The Morgan fingerprint density at radius 1 is 1.21 bits per heavy atom. The SMILES string of the molecule is CCCCC=C(C=CC(=O)O)C(=O)O. The fourth-order valence-electron chi connectivity index (χ4n) is 0.849. The molecule has 78 valence electrons. The van der Waals surface area contributed by atoms with E-state index in [0.29, 0.717) is 6.42 Å². The van der Waals surface area contributed by atoms with Crippen LogP contribution in [-0.2, 0) is 9.59 Å². The van der Waals surface area contributed by atoms with E-state index in [1.54, 1.807) is 0 Å². The number of carboxylic acid groups (broad SMARTS) is 2. The first-order valence-corrected chi connectivity index (χ1v) is 4.42. The van der Waals surface area contributed by atoms with Crippen molar-refractivity contribution in [1.82, 2.24) is 0 Å². The van der Waals surface area contributed by atoms with Crippen molar-refractivity contribution in [3.05, 3.63) is 23.8 Å². The van der Waals surface area contributed by atoms with E-state index in [9.17, 15) is 9.59 Å². The van der Waals surface area contributed by atoms with Crippen LogP contribution >= 0.6 is 0 Å². The molecule has 0 saturated carbocycles. The van der Waals surface area contributed by atoms with E-state index in [1.807, 2.05) is 6.92 Å². The van der Waals surface area contributed by atoms with Gasteiger partial charge in [0.25, 0.3) is 0 Å². The summed E-state index contributed by atoms with van der Waals surface area (Å²) in [6, 6.07) is 0. The molecule has 0 amide bonds. The van der Waals surface area contributed by atoms with Crippen LogP contribution in [0, 0.1) is 0 Å². The Bertz CT molecular complexity index is 263. The molecule has 0 aromatic rings. The minimum Gasteiger partial charge on any atom is -0.478 e. The standard InChI is InChI=1S/C10H14O4/c1-2-3-4-5-8(10(13)14)6-7-9(11)12/h5-7H,2-4H2,1H3,(H,11,12)(H,13,14). The first-order chi connectivity index (χ1) is 6.57. The van der Waals surface area contributed by atoms with Crippen LogP contribution in [-0.4, -0.2) is 22.2 Å². The van der Waals surface area contributed by atoms with Gasteiger partial charge in [-0.25, -0.2) is 9.59 Å². The third-order valence-electron chi connectivity index (χ3n) is 1.57. The lowest BCUT2D eigenvalue weighted by molar-refractivity contribution is -0.132. The molecule has 14 heavy (non-hydrogen) atoms. The van der Waals surface area contributed by atoms with Gasteiger partial charge in [0.05, 0.1) is 5.57 Å². The Balaban J connectivity index is 4.36. The Morgan fingerprint density at radius 2 is 1.86 bits per heavy atom. The van der Waals surface area contributed by atoms with Crippen molar-refractivity contribution in [3.63, 3.8) is 0 Å². The van der Waals surface area contributed by atoms with E-state index in [4.69, 9.17) is 10.2 Å². The highest BCUT2D eigenvalue weighted by atomic mass is 16.4. The van der Waals surface area contributed by atoms with Gasteiger partial charge < -0.3 is 10.2 Å². The van der Waals surface area contributed by atoms with Crippen molar-refractivity contribution in [2.75, 3.05) is 0 Å². The van der Waals surface area contributed by atoms with Gasteiger partial charge in [0, 0.05) is 6.08 Å². The summed E-state index contributed by atoms with van der Waals surface area (Å²) in [5.41, 5.74) is 0.0286. The smallest absolute Gasteiger partial charge is 0.335 e. The Hall–Kier alpha value is -1.58. The van der Waals surface area contributed by atoms with E-state index < -0.39 is 11.9 Å². The predicted octanol–water partition coefficient (Wildman–Crippen LogP) is 1.83. The summed E-state index contributed by atoms with van der Waals surface area (Å²) in [6.45, 7) is 2.00. The summed E-state index contributed by atoms with van der Waals surface area (Å²) >= 11 is 0. The van der Waals surface area contributed by atoms with E-state index in [0.717, 1.165) is 25.0 Å². The molecule has 0 aliphatic heterocycles. The van der Waals surface area contributed by atoms with E-state index >= 15 is 0 Å². The number of unbranched alkanes of at least 4 members (excludes halogenated alkanes) is 2.